The molecular formula is C24H28N2O6S2. The van der Waals surface area contributed by atoms with Gasteiger partial charge in [-0.25, -0.2) is 0 Å². The normalized spacial score (nSPS) is 21.2. The average Bonchev–Trinajstić information content (AvgIpc) is 3.20. The van der Waals surface area contributed by atoms with E-state index >= 15 is 0 Å². The lowest BCUT2D eigenvalue weighted by Crippen LogP contribution is -2.42. The second-order valence-electron chi connectivity index (χ2n) is 9.08. The summed E-state index contributed by atoms with van der Waals surface area (Å²) in [4.78, 5) is 13.9. The first-order valence-corrected chi connectivity index (χ1v) is 13.3. The van der Waals surface area contributed by atoms with E-state index in [1.807, 2.05) is 19.1 Å². The van der Waals surface area contributed by atoms with Crippen molar-refractivity contribution in [2.24, 2.45) is 10.3 Å². The Bertz CT molecular complexity index is 1290. The van der Waals surface area contributed by atoms with Crippen LogP contribution in [0.2, 0.25) is 0 Å². The Hall–Kier alpha value is -2.53. The zero-order valence-electron chi connectivity index (χ0n) is 19.5. The number of benzene rings is 1. The van der Waals surface area contributed by atoms with Crippen molar-refractivity contribution in [2.75, 3.05) is 19.2 Å². The number of ether oxygens (including phenoxy) is 2. The molecule has 0 radical (unpaired) electrons. The van der Waals surface area contributed by atoms with Crippen molar-refractivity contribution in [2.45, 2.75) is 50.5 Å². The van der Waals surface area contributed by atoms with Gasteiger partial charge in [-0.2, -0.15) is 8.42 Å². The van der Waals surface area contributed by atoms with Gasteiger partial charge in [0.1, 0.15) is 28.0 Å². The van der Waals surface area contributed by atoms with Crippen molar-refractivity contribution in [3.05, 3.63) is 51.9 Å². The number of nitrogens with zero attached hydrogens (tertiary/aromatic N) is 1. The summed E-state index contributed by atoms with van der Waals surface area (Å²) in [5, 5.41) is 16.1. The minimum atomic E-state index is -4.13. The summed E-state index contributed by atoms with van der Waals surface area (Å²) in [5.74, 6) is -0.411. The molecule has 1 aliphatic carbocycles. The van der Waals surface area contributed by atoms with Crippen molar-refractivity contribution < 1.29 is 27.8 Å². The topological polar surface area (TPSA) is 114 Å². The van der Waals surface area contributed by atoms with Gasteiger partial charge in [-0.3, -0.25) is 4.79 Å². The monoisotopic (exact) mass is 504 g/mol. The maximum Gasteiger partial charge on any atom is 0.287 e. The number of carbonyl (C=O) groups excluding carboxylic acids is 1. The predicted octanol–water partition coefficient (Wildman–Crippen LogP) is 4.63. The summed E-state index contributed by atoms with van der Waals surface area (Å²) in [7, 11) is -2.66. The Kier molecular flexibility index (Phi) is 6.69. The molecule has 0 bridgehead atoms. The van der Waals surface area contributed by atoms with Crippen LogP contribution >= 0.6 is 11.3 Å². The summed E-state index contributed by atoms with van der Waals surface area (Å²) in [6.45, 7) is 6.09. The van der Waals surface area contributed by atoms with E-state index in [1.54, 1.807) is 17.5 Å². The van der Waals surface area contributed by atoms with Gasteiger partial charge in [-0.1, -0.05) is 38.1 Å². The first-order chi connectivity index (χ1) is 16.1. The number of hydrogen-bond donors (Lipinski definition) is 2. The Labute approximate surface area is 203 Å². The van der Waals surface area contributed by atoms with Crippen LogP contribution in [0.25, 0.3) is 5.76 Å². The molecule has 2 aromatic rings. The number of Topliss-reactive ketones (excluding diaryl/α,β-unsaturated/α-hetero) is 1. The number of anilines is 1. The van der Waals surface area contributed by atoms with Gasteiger partial charge in [-0.05, 0) is 36.6 Å². The third-order valence-corrected chi connectivity index (χ3v) is 8.66. The molecule has 34 heavy (non-hydrogen) atoms. The maximum atomic E-state index is 13.9. The lowest BCUT2D eigenvalue weighted by molar-refractivity contribution is -0.120. The minimum absolute atomic E-state index is 0.0173. The predicted molar refractivity (Wildman–Crippen MR) is 132 cm³/mol. The van der Waals surface area contributed by atoms with E-state index in [9.17, 15) is 18.3 Å². The quantitative estimate of drug-likeness (QED) is 0.398. The van der Waals surface area contributed by atoms with Gasteiger partial charge in [0.05, 0.1) is 12.0 Å². The molecular weight excluding hydrogens is 476 g/mol. The first kappa shape index (κ1) is 24.6. The van der Waals surface area contributed by atoms with E-state index in [1.165, 1.54) is 18.4 Å². The molecule has 2 aliphatic rings. The molecule has 1 aliphatic heterocycles. The number of hydrogen-bond acceptors (Lipinski definition) is 8. The largest absolute Gasteiger partial charge is 0.506 e. The zero-order chi connectivity index (χ0) is 24.7. The number of methoxy groups -OCH3 is 1. The molecule has 1 aromatic carbocycles. The molecule has 2 N–H and O–H groups in total. The van der Waals surface area contributed by atoms with Gasteiger partial charge in [-0.15, -0.1) is 15.7 Å². The SMILES string of the molecule is COCOCc1csc2c1S(=O)(=O)N=C(C1=C(O)c3ccccc3[C@](C)(CCC(C)C)C1=O)N2. The highest BCUT2D eigenvalue weighted by atomic mass is 32.2. The van der Waals surface area contributed by atoms with Crippen molar-refractivity contribution in [3.63, 3.8) is 0 Å². The Morgan fingerprint density at radius 2 is 2.00 bits per heavy atom. The first-order valence-electron chi connectivity index (χ1n) is 11.0. The van der Waals surface area contributed by atoms with Crippen LogP contribution in [0.15, 0.2) is 44.5 Å². The standard InChI is InChI=1S/C24H28N2O6S2/c1-14(2)9-10-24(3)17-8-6-5-7-16(17)19(27)18(21(24)28)22-25-23-20(34(29,30)26-22)15(12-33-23)11-32-13-31-4/h5-8,12,14,27H,9-11,13H2,1-4H3,(H,25,26)/t24-/m0/s1. The molecule has 1 aromatic heterocycles. The van der Waals surface area contributed by atoms with Crippen LogP contribution in [-0.2, 0) is 36.3 Å². The van der Waals surface area contributed by atoms with Gasteiger partial charge < -0.3 is 19.9 Å². The van der Waals surface area contributed by atoms with Crippen LogP contribution < -0.4 is 5.32 Å². The zero-order valence-corrected chi connectivity index (χ0v) is 21.2. The fraction of sp³-hybridized carbons (Fsp3) is 0.417. The lowest BCUT2D eigenvalue weighted by Gasteiger charge is -2.36. The molecule has 0 fully saturated rings. The molecule has 8 nitrogen and oxygen atoms in total. The second kappa shape index (κ2) is 9.26. The second-order valence-corrected chi connectivity index (χ2v) is 11.5. The van der Waals surface area contributed by atoms with E-state index < -0.39 is 15.4 Å². The van der Waals surface area contributed by atoms with Crippen LogP contribution in [0.4, 0.5) is 5.00 Å². The molecule has 0 spiro atoms. The molecule has 0 amide bonds. The summed E-state index contributed by atoms with van der Waals surface area (Å²) in [6, 6.07) is 7.20. The van der Waals surface area contributed by atoms with E-state index in [0.717, 1.165) is 12.0 Å². The number of aliphatic hydroxyl groups excluding tert-OH is 1. The third-order valence-electron chi connectivity index (χ3n) is 6.18. The van der Waals surface area contributed by atoms with Gasteiger partial charge in [0.2, 0.25) is 0 Å². The van der Waals surface area contributed by atoms with Crippen molar-refractivity contribution in [1.29, 1.82) is 0 Å². The Morgan fingerprint density at radius 3 is 2.71 bits per heavy atom. The summed E-state index contributed by atoms with van der Waals surface area (Å²) >= 11 is 1.17. The van der Waals surface area contributed by atoms with Crippen molar-refractivity contribution in [1.82, 2.24) is 0 Å². The molecule has 0 saturated carbocycles. The van der Waals surface area contributed by atoms with E-state index in [2.05, 4.69) is 23.6 Å². The number of sulfonamides is 1. The Balaban J connectivity index is 1.80. The molecule has 2 heterocycles. The van der Waals surface area contributed by atoms with Gasteiger partial charge in [0, 0.05) is 18.2 Å². The van der Waals surface area contributed by atoms with Gasteiger partial charge >= 0.3 is 0 Å². The van der Waals surface area contributed by atoms with Crippen LogP contribution in [0.3, 0.4) is 0 Å². The lowest BCUT2D eigenvalue weighted by atomic mass is 9.66. The molecule has 1 atom stereocenters. The Morgan fingerprint density at radius 1 is 1.26 bits per heavy atom. The highest BCUT2D eigenvalue weighted by molar-refractivity contribution is 7.90. The highest BCUT2D eigenvalue weighted by Crippen LogP contribution is 2.45. The van der Waals surface area contributed by atoms with Crippen LogP contribution in [-0.4, -0.2) is 39.0 Å². The molecule has 10 heteroatoms. The van der Waals surface area contributed by atoms with Crippen molar-refractivity contribution >= 4 is 43.7 Å². The van der Waals surface area contributed by atoms with Crippen LogP contribution in [0.1, 0.15) is 50.3 Å². The number of thiophene rings is 1. The number of ketones is 1. The number of rotatable bonds is 8. The van der Waals surface area contributed by atoms with Gasteiger partial charge in [0.25, 0.3) is 10.0 Å². The van der Waals surface area contributed by atoms with Gasteiger partial charge in [0.15, 0.2) is 11.6 Å². The number of amidine groups is 1. The third kappa shape index (κ3) is 4.19. The maximum absolute atomic E-state index is 13.9. The molecule has 4 rings (SSSR count). The summed E-state index contributed by atoms with van der Waals surface area (Å²) in [5.41, 5.74) is 0.662. The fourth-order valence-corrected chi connectivity index (χ4v) is 6.92. The minimum Gasteiger partial charge on any atom is -0.506 e. The number of aliphatic hydroxyl groups is 1. The smallest absolute Gasteiger partial charge is 0.287 e. The van der Waals surface area contributed by atoms with E-state index in [4.69, 9.17) is 9.47 Å². The molecule has 0 unspecified atom stereocenters. The number of fused-ring (bicyclic) bond motifs is 2. The average molecular weight is 505 g/mol. The number of nitrogens with one attached hydrogen (secondary N) is 1. The van der Waals surface area contributed by atoms with Crippen LogP contribution in [0, 0.1) is 5.92 Å². The van der Waals surface area contributed by atoms with Crippen molar-refractivity contribution in [3.8, 4) is 0 Å². The fourth-order valence-electron chi connectivity index (χ4n) is 4.35. The summed E-state index contributed by atoms with van der Waals surface area (Å²) < 4.78 is 40.4. The number of carbonyl (C=O) groups is 1. The molecule has 182 valence electrons. The van der Waals surface area contributed by atoms with E-state index in [-0.39, 0.29) is 41.2 Å². The van der Waals surface area contributed by atoms with E-state index in [0.29, 0.717) is 28.5 Å². The summed E-state index contributed by atoms with van der Waals surface area (Å²) in [6.07, 6.45) is 1.35. The molecule has 0 saturated heterocycles. The highest BCUT2D eigenvalue weighted by Gasteiger charge is 2.46. The van der Waals surface area contributed by atoms with Crippen LogP contribution in [0.5, 0.6) is 0 Å².